The highest BCUT2D eigenvalue weighted by Crippen LogP contribution is 2.40. The highest BCUT2D eigenvalue weighted by Gasteiger charge is 2.47. The van der Waals surface area contributed by atoms with E-state index in [1.165, 1.54) is 29.2 Å². The summed E-state index contributed by atoms with van der Waals surface area (Å²) in [5.41, 5.74) is -1.79. The molecule has 13 heteroatoms. The van der Waals surface area contributed by atoms with Gasteiger partial charge in [-0.3, -0.25) is 14.9 Å². The number of nitro groups is 1. The molecule has 0 aliphatic carbocycles. The summed E-state index contributed by atoms with van der Waals surface area (Å²) in [7, 11) is -4.59. The normalized spacial score (nSPS) is 18.5. The molecule has 0 saturated carbocycles. The SMILES string of the molecule is N#CCNC(=O)[C@@H]1C[C@@H](S(=O)(=O)c2ccccc2C(F)(F)F)CN1c1ccccc1[N+](=O)[O-]. The number of nitrogens with one attached hydrogen (secondary N) is 1. The molecule has 0 aromatic heterocycles. The van der Waals surface area contributed by atoms with Gasteiger partial charge in [0.1, 0.15) is 18.3 Å². The molecule has 2 atom stereocenters. The van der Waals surface area contributed by atoms with E-state index >= 15 is 0 Å². The Balaban J connectivity index is 2.07. The summed E-state index contributed by atoms with van der Waals surface area (Å²) in [4.78, 5) is 23.7. The summed E-state index contributed by atoms with van der Waals surface area (Å²) in [6.07, 6.45) is -5.35. The van der Waals surface area contributed by atoms with Gasteiger partial charge in [-0.25, -0.2) is 8.42 Å². The van der Waals surface area contributed by atoms with Gasteiger partial charge in [0.15, 0.2) is 9.84 Å². The molecule has 9 nitrogen and oxygen atoms in total. The number of benzene rings is 2. The van der Waals surface area contributed by atoms with Gasteiger partial charge in [-0.15, -0.1) is 0 Å². The minimum absolute atomic E-state index is 0.0542. The van der Waals surface area contributed by atoms with Crippen LogP contribution in [0.2, 0.25) is 0 Å². The number of alkyl halides is 3. The second-order valence-corrected chi connectivity index (χ2v) is 9.38. The van der Waals surface area contributed by atoms with Crippen molar-refractivity contribution in [3.05, 3.63) is 64.2 Å². The lowest BCUT2D eigenvalue weighted by atomic mass is 10.1. The highest BCUT2D eigenvalue weighted by molar-refractivity contribution is 7.92. The van der Waals surface area contributed by atoms with Gasteiger partial charge in [-0.2, -0.15) is 18.4 Å². The Morgan fingerprint density at radius 3 is 2.48 bits per heavy atom. The van der Waals surface area contributed by atoms with Crippen LogP contribution in [0.1, 0.15) is 12.0 Å². The predicted octanol–water partition coefficient (Wildman–Crippen LogP) is 2.67. The molecule has 0 bridgehead atoms. The lowest BCUT2D eigenvalue weighted by Crippen LogP contribution is -2.43. The van der Waals surface area contributed by atoms with E-state index in [2.05, 4.69) is 5.32 Å². The Kier molecular flexibility index (Phi) is 6.59. The number of rotatable bonds is 6. The molecular formula is C20H17F3N4O5S. The van der Waals surface area contributed by atoms with E-state index in [4.69, 9.17) is 5.26 Å². The maximum Gasteiger partial charge on any atom is 0.417 e. The van der Waals surface area contributed by atoms with Crippen LogP contribution in [0.15, 0.2) is 53.4 Å². The molecule has 0 spiro atoms. The van der Waals surface area contributed by atoms with Crippen molar-refractivity contribution in [2.24, 2.45) is 0 Å². The fourth-order valence-electron chi connectivity index (χ4n) is 3.77. The first-order valence-electron chi connectivity index (χ1n) is 9.53. The fourth-order valence-corrected chi connectivity index (χ4v) is 5.68. The first-order chi connectivity index (χ1) is 15.5. The number of nitro benzene ring substituents is 1. The number of halogens is 3. The Morgan fingerprint density at radius 2 is 1.85 bits per heavy atom. The van der Waals surface area contributed by atoms with E-state index in [-0.39, 0.29) is 5.69 Å². The average molecular weight is 482 g/mol. The van der Waals surface area contributed by atoms with Crippen LogP contribution >= 0.6 is 0 Å². The van der Waals surface area contributed by atoms with Crippen LogP contribution in [-0.4, -0.2) is 43.6 Å². The molecule has 0 unspecified atom stereocenters. The third kappa shape index (κ3) is 4.75. The summed E-state index contributed by atoms with van der Waals surface area (Å²) in [6.45, 7) is -0.849. The fraction of sp³-hybridized carbons (Fsp3) is 0.300. The number of carbonyl (C=O) groups is 1. The molecule has 1 aliphatic heterocycles. The number of hydrogen-bond donors (Lipinski definition) is 1. The van der Waals surface area contributed by atoms with Gasteiger partial charge < -0.3 is 10.2 Å². The molecule has 33 heavy (non-hydrogen) atoms. The second-order valence-electron chi connectivity index (χ2n) is 7.19. The van der Waals surface area contributed by atoms with Gasteiger partial charge in [-0.1, -0.05) is 24.3 Å². The first-order valence-corrected chi connectivity index (χ1v) is 11.1. The molecule has 2 aromatic rings. The smallest absolute Gasteiger partial charge is 0.353 e. The third-order valence-corrected chi connectivity index (χ3v) is 7.42. The summed E-state index contributed by atoms with van der Waals surface area (Å²) in [5, 5.41) is 21.0. The predicted molar refractivity (Wildman–Crippen MR) is 110 cm³/mol. The number of nitriles is 1. The molecule has 1 heterocycles. The Morgan fingerprint density at radius 1 is 1.21 bits per heavy atom. The van der Waals surface area contributed by atoms with Gasteiger partial charge >= 0.3 is 6.18 Å². The van der Waals surface area contributed by atoms with E-state index in [0.29, 0.717) is 6.07 Å². The molecule has 1 N–H and O–H groups in total. The minimum Gasteiger partial charge on any atom is -0.353 e. The van der Waals surface area contributed by atoms with E-state index < -0.39 is 73.8 Å². The number of hydrogen-bond acceptors (Lipinski definition) is 7. The largest absolute Gasteiger partial charge is 0.417 e. The van der Waals surface area contributed by atoms with Crippen molar-refractivity contribution >= 4 is 27.1 Å². The monoisotopic (exact) mass is 482 g/mol. The number of carbonyl (C=O) groups excluding carboxylic acids is 1. The maximum atomic E-state index is 13.4. The quantitative estimate of drug-likeness (QED) is 0.380. The Labute approximate surface area is 186 Å². The van der Waals surface area contributed by atoms with E-state index in [0.717, 1.165) is 18.2 Å². The first kappa shape index (κ1) is 24.0. The molecule has 1 saturated heterocycles. The standard InChI is InChI=1S/C20H17F3N4O5S/c21-20(22,23)14-5-1-4-8-18(14)33(31,32)13-11-17(19(28)25-10-9-24)26(12-13)15-6-2-3-7-16(15)27(29)30/h1-8,13,17H,10-12H2,(H,25,28)/t13-,17+/m1/s1. The molecule has 1 amide bonds. The van der Waals surface area contributed by atoms with Gasteiger partial charge in [-0.05, 0) is 24.6 Å². The molecule has 2 aromatic carbocycles. The van der Waals surface area contributed by atoms with Crippen LogP contribution in [0.3, 0.4) is 0 Å². The van der Waals surface area contributed by atoms with Crippen molar-refractivity contribution in [1.82, 2.24) is 5.32 Å². The van der Waals surface area contributed by atoms with Crippen molar-refractivity contribution in [1.29, 1.82) is 5.26 Å². The van der Waals surface area contributed by atoms with Gasteiger partial charge in [0.25, 0.3) is 5.69 Å². The lowest BCUT2D eigenvalue weighted by Gasteiger charge is -2.25. The van der Waals surface area contributed by atoms with Crippen LogP contribution in [0, 0.1) is 21.4 Å². The summed E-state index contributed by atoms with van der Waals surface area (Å²) in [6, 6.07) is 9.49. The van der Waals surface area contributed by atoms with Gasteiger partial charge in [0, 0.05) is 12.6 Å². The van der Waals surface area contributed by atoms with Crippen LogP contribution in [0.5, 0.6) is 0 Å². The number of anilines is 1. The molecule has 1 aliphatic rings. The van der Waals surface area contributed by atoms with Crippen LogP contribution in [0.25, 0.3) is 0 Å². The van der Waals surface area contributed by atoms with Crippen molar-refractivity contribution < 1.29 is 31.3 Å². The number of sulfone groups is 1. The van der Waals surface area contributed by atoms with Crippen molar-refractivity contribution in [2.75, 3.05) is 18.0 Å². The van der Waals surface area contributed by atoms with Crippen LogP contribution < -0.4 is 10.2 Å². The Bertz CT molecular complexity index is 1230. The van der Waals surface area contributed by atoms with E-state index in [1.54, 1.807) is 6.07 Å². The van der Waals surface area contributed by atoms with Crippen molar-refractivity contribution in [3.63, 3.8) is 0 Å². The average Bonchev–Trinajstić information content (AvgIpc) is 3.23. The summed E-state index contributed by atoms with van der Waals surface area (Å²) < 4.78 is 66.8. The lowest BCUT2D eigenvalue weighted by molar-refractivity contribution is -0.384. The van der Waals surface area contributed by atoms with Crippen molar-refractivity contribution in [3.8, 4) is 6.07 Å². The number of para-hydroxylation sites is 2. The molecule has 174 valence electrons. The minimum atomic E-state index is -4.93. The summed E-state index contributed by atoms with van der Waals surface area (Å²) >= 11 is 0. The zero-order chi connectivity index (χ0) is 24.4. The zero-order valence-electron chi connectivity index (χ0n) is 16.8. The Hall–Kier alpha value is -3.66. The van der Waals surface area contributed by atoms with E-state index in [1.807, 2.05) is 0 Å². The molecule has 1 fully saturated rings. The topological polar surface area (TPSA) is 133 Å². The molecular weight excluding hydrogens is 465 g/mol. The summed E-state index contributed by atoms with van der Waals surface area (Å²) in [5.74, 6) is -0.767. The maximum absolute atomic E-state index is 13.4. The number of amides is 1. The second kappa shape index (κ2) is 9.07. The van der Waals surface area contributed by atoms with Crippen LogP contribution in [0.4, 0.5) is 24.5 Å². The zero-order valence-corrected chi connectivity index (χ0v) is 17.6. The van der Waals surface area contributed by atoms with Crippen molar-refractivity contribution in [2.45, 2.75) is 28.8 Å². The highest BCUT2D eigenvalue weighted by atomic mass is 32.2. The van der Waals surface area contributed by atoms with Gasteiger partial charge in [0.05, 0.1) is 26.7 Å². The van der Waals surface area contributed by atoms with E-state index in [9.17, 15) is 36.5 Å². The van der Waals surface area contributed by atoms with Gasteiger partial charge in [0.2, 0.25) is 5.91 Å². The molecule has 0 radical (unpaired) electrons. The molecule has 3 rings (SSSR count). The van der Waals surface area contributed by atoms with Crippen LogP contribution in [-0.2, 0) is 20.8 Å². The third-order valence-electron chi connectivity index (χ3n) is 5.23. The number of nitrogens with zero attached hydrogens (tertiary/aromatic N) is 3.